The summed E-state index contributed by atoms with van der Waals surface area (Å²) in [6.07, 6.45) is 3.53. The molecule has 0 aliphatic rings. The molecule has 1 unspecified atom stereocenters. The van der Waals surface area contributed by atoms with Crippen molar-refractivity contribution >= 4 is 0 Å². The second-order valence-electron chi connectivity index (χ2n) is 6.45. The average molecular weight is 243 g/mol. The van der Waals surface area contributed by atoms with E-state index in [1.807, 2.05) is 7.11 Å². The Bertz CT molecular complexity index is 201. The van der Waals surface area contributed by atoms with Crippen molar-refractivity contribution in [3.63, 3.8) is 0 Å². The van der Waals surface area contributed by atoms with Gasteiger partial charge < -0.3 is 10.1 Å². The minimum absolute atomic E-state index is 0.000899. The Hall–Kier alpha value is -0.0800. The monoisotopic (exact) mass is 243 g/mol. The predicted molar refractivity (Wildman–Crippen MR) is 76.4 cm³/mol. The van der Waals surface area contributed by atoms with Crippen molar-refractivity contribution in [1.82, 2.24) is 5.32 Å². The molecule has 0 fully saturated rings. The molecule has 0 bridgehead atoms. The lowest BCUT2D eigenvalue weighted by atomic mass is 9.73. The molecule has 0 amide bonds. The smallest absolute Gasteiger partial charge is 0.0623 e. The van der Waals surface area contributed by atoms with Gasteiger partial charge in [0, 0.05) is 13.7 Å². The van der Waals surface area contributed by atoms with Crippen LogP contribution in [0.3, 0.4) is 0 Å². The fraction of sp³-hybridized carbons (Fsp3) is 1.00. The molecule has 0 radical (unpaired) electrons. The van der Waals surface area contributed by atoms with Gasteiger partial charge in [-0.1, -0.05) is 27.7 Å². The Morgan fingerprint density at radius 1 is 1.12 bits per heavy atom. The first-order valence-corrected chi connectivity index (χ1v) is 7.03. The molecule has 0 aromatic heterocycles. The summed E-state index contributed by atoms with van der Waals surface area (Å²) >= 11 is 0. The van der Waals surface area contributed by atoms with Crippen LogP contribution in [0.2, 0.25) is 0 Å². The van der Waals surface area contributed by atoms with E-state index in [-0.39, 0.29) is 5.60 Å². The molecule has 2 nitrogen and oxygen atoms in total. The first-order valence-electron chi connectivity index (χ1n) is 7.03. The van der Waals surface area contributed by atoms with Crippen LogP contribution < -0.4 is 5.32 Å². The van der Waals surface area contributed by atoms with E-state index in [4.69, 9.17) is 4.74 Å². The lowest BCUT2D eigenvalue weighted by Gasteiger charge is -2.37. The highest BCUT2D eigenvalue weighted by Crippen LogP contribution is 2.34. The van der Waals surface area contributed by atoms with Crippen LogP contribution in [-0.4, -0.2) is 25.8 Å². The molecule has 0 saturated heterocycles. The fourth-order valence-corrected chi connectivity index (χ4v) is 1.82. The van der Waals surface area contributed by atoms with E-state index >= 15 is 0 Å². The SMILES string of the molecule is CCCNCC(C)(CCC(C)(C)OC)C(C)C. The Labute approximate surface area is 109 Å². The molecule has 0 saturated carbocycles. The number of hydrogen-bond donors (Lipinski definition) is 1. The molecule has 0 aliphatic heterocycles. The summed E-state index contributed by atoms with van der Waals surface area (Å²) in [5.74, 6) is 0.694. The molecule has 0 aromatic carbocycles. The lowest BCUT2D eigenvalue weighted by molar-refractivity contribution is 0.000402. The summed E-state index contributed by atoms with van der Waals surface area (Å²) in [4.78, 5) is 0. The molecule has 104 valence electrons. The minimum atomic E-state index is 0.000899. The highest BCUT2D eigenvalue weighted by Gasteiger charge is 2.30. The summed E-state index contributed by atoms with van der Waals surface area (Å²) in [5, 5.41) is 3.57. The number of nitrogens with one attached hydrogen (secondary N) is 1. The second-order valence-corrected chi connectivity index (χ2v) is 6.45. The maximum Gasteiger partial charge on any atom is 0.0623 e. The summed E-state index contributed by atoms with van der Waals surface area (Å²) in [6, 6.07) is 0. The van der Waals surface area contributed by atoms with E-state index in [1.165, 1.54) is 12.8 Å². The van der Waals surface area contributed by atoms with Crippen molar-refractivity contribution in [3.05, 3.63) is 0 Å². The van der Waals surface area contributed by atoms with E-state index < -0.39 is 0 Å². The fourth-order valence-electron chi connectivity index (χ4n) is 1.82. The van der Waals surface area contributed by atoms with Crippen molar-refractivity contribution in [1.29, 1.82) is 0 Å². The number of rotatable bonds is 9. The lowest BCUT2D eigenvalue weighted by Crippen LogP contribution is -2.38. The van der Waals surface area contributed by atoms with Gasteiger partial charge in [-0.05, 0) is 51.0 Å². The zero-order chi connectivity index (χ0) is 13.5. The Balaban J connectivity index is 4.31. The molecule has 0 rings (SSSR count). The predicted octanol–water partition coefficient (Wildman–Crippen LogP) is 3.85. The van der Waals surface area contributed by atoms with Gasteiger partial charge in [0.25, 0.3) is 0 Å². The second kappa shape index (κ2) is 7.38. The number of ether oxygens (including phenoxy) is 1. The molecule has 2 heteroatoms. The third kappa shape index (κ3) is 6.42. The average Bonchev–Trinajstić information content (AvgIpc) is 2.27. The van der Waals surface area contributed by atoms with Crippen LogP contribution in [0.15, 0.2) is 0 Å². The third-order valence-electron chi connectivity index (χ3n) is 4.20. The van der Waals surface area contributed by atoms with Crippen LogP contribution in [0.1, 0.15) is 60.8 Å². The molecule has 0 aromatic rings. The molecular formula is C15H33NO. The Morgan fingerprint density at radius 3 is 2.12 bits per heavy atom. The zero-order valence-electron chi connectivity index (χ0n) is 13.0. The molecule has 17 heavy (non-hydrogen) atoms. The van der Waals surface area contributed by atoms with Crippen LogP contribution >= 0.6 is 0 Å². The highest BCUT2D eigenvalue weighted by molar-refractivity contribution is 4.83. The van der Waals surface area contributed by atoms with Crippen molar-refractivity contribution in [2.24, 2.45) is 11.3 Å². The number of methoxy groups -OCH3 is 1. The summed E-state index contributed by atoms with van der Waals surface area (Å²) < 4.78 is 5.52. The van der Waals surface area contributed by atoms with Crippen molar-refractivity contribution < 1.29 is 4.74 Å². The van der Waals surface area contributed by atoms with E-state index in [9.17, 15) is 0 Å². The van der Waals surface area contributed by atoms with Gasteiger partial charge in [0.2, 0.25) is 0 Å². The molecule has 1 N–H and O–H groups in total. The van der Waals surface area contributed by atoms with E-state index in [0.29, 0.717) is 11.3 Å². The first-order chi connectivity index (χ1) is 7.77. The van der Waals surface area contributed by atoms with Gasteiger partial charge in [-0.25, -0.2) is 0 Å². The summed E-state index contributed by atoms with van der Waals surface area (Å²) in [6.45, 7) is 15.8. The summed E-state index contributed by atoms with van der Waals surface area (Å²) in [7, 11) is 1.81. The normalized spacial score (nSPS) is 16.2. The first kappa shape index (κ1) is 16.9. The molecule has 0 aliphatic carbocycles. The Morgan fingerprint density at radius 2 is 1.71 bits per heavy atom. The highest BCUT2D eigenvalue weighted by atomic mass is 16.5. The van der Waals surface area contributed by atoms with Crippen molar-refractivity contribution in [2.75, 3.05) is 20.2 Å². The molecule has 1 atom stereocenters. The maximum atomic E-state index is 5.52. The van der Waals surface area contributed by atoms with Crippen LogP contribution in [0.5, 0.6) is 0 Å². The minimum Gasteiger partial charge on any atom is -0.379 e. The van der Waals surface area contributed by atoms with Gasteiger partial charge in [0.1, 0.15) is 0 Å². The van der Waals surface area contributed by atoms with E-state index in [1.54, 1.807) is 0 Å². The van der Waals surface area contributed by atoms with Gasteiger partial charge in [-0.3, -0.25) is 0 Å². The maximum absolute atomic E-state index is 5.52. The van der Waals surface area contributed by atoms with Gasteiger partial charge >= 0.3 is 0 Å². The zero-order valence-corrected chi connectivity index (χ0v) is 13.0. The molecule has 0 spiro atoms. The van der Waals surface area contributed by atoms with Crippen LogP contribution in [0.25, 0.3) is 0 Å². The standard InChI is InChI=1S/C15H33NO/c1-8-11-16-12-15(6,13(2)3)10-9-14(4,5)17-7/h13,16H,8-12H2,1-7H3. The summed E-state index contributed by atoms with van der Waals surface area (Å²) in [5.41, 5.74) is 0.367. The van der Waals surface area contributed by atoms with Crippen LogP contribution in [0, 0.1) is 11.3 Å². The van der Waals surface area contributed by atoms with Crippen LogP contribution in [-0.2, 0) is 4.74 Å². The van der Waals surface area contributed by atoms with Crippen molar-refractivity contribution in [3.8, 4) is 0 Å². The van der Waals surface area contributed by atoms with Gasteiger partial charge in [-0.15, -0.1) is 0 Å². The quantitative estimate of drug-likeness (QED) is 0.621. The molecule has 0 heterocycles. The topological polar surface area (TPSA) is 21.3 Å². The van der Waals surface area contributed by atoms with E-state index in [0.717, 1.165) is 19.5 Å². The van der Waals surface area contributed by atoms with Crippen molar-refractivity contribution in [2.45, 2.75) is 66.4 Å². The van der Waals surface area contributed by atoms with Crippen LogP contribution in [0.4, 0.5) is 0 Å². The van der Waals surface area contributed by atoms with Gasteiger partial charge in [0.05, 0.1) is 5.60 Å². The Kier molecular flexibility index (Phi) is 7.34. The van der Waals surface area contributed by atoms with Gasteiger partial charge in [0.15, 0.2) is 0 Å². The third-order valence-corrected chi connectivity index (χ3v) is 4.20. The van der Waals surface area contributed by atoms with Gasteiger partial charge in [-0.2, -0.15) is 0 Å². The molecular weight excluding hydrogens is 210 g/mol. The van der Waals surface area contributed by atoms with E-state index in [2.05, 4.69) is 46.9 Å². The number of hydrogen-bond acceptors (Lipinski definition) is 2. The largest absolute Gasteiger partial charge is 0.379 e.